The molecule has 0 aliphatic carbocycles. The van der Waals surface area contributed by atoms with Crippen LogP contribution in [0.15, 0.2) is 11.1 Å². The topological polar surface area (TPSA) is 23.5 Å². The Morgan fingerprint density at radius 1 is 1.47 bits per heavy atom. The Labute approximate surface area is 97.9 Å². The van der Waals surface area contributed by atoms with Crippen LogP contribution in [0.1, 0.15) is 39.0 Å². The van der Waals surface area contributed by atoms with Gasteiger partial charge < -0.3 is 5.11 Å². The van der Waals surface area contributed by atoms with E-state index in [0.717, 1.165) is 36.9 Å². The van der Waals surface area contributed by atoms with Gasteiger partial charge in [-0.2, -0.15) is 0 Å². The van der Waals surface area contributed by atoms with E-state index in [-0.39, 0.29) is 6.73 Å². The summed E-state index contributed by atoms with van der Waals surface area (Å²) in [6.07, 6.45) is 7.90. The molecule has 1 fully saturated rings. The Bertz CT molecular complexity index is 198. The van der Waals surface area contributed by atoms with Crippen molar-refractivity contribution in [2.75, 3.05) is 19.8 Å². The Balaban J connectivity index is 2.13. The third-order valence-electron chi connectivity index (χ3n) is 3.19. The molecule has 1 saturated heterocycles. The highest BCUT2D eigenvalue weighted by atomic mass is 35.5. The lowest BCUT2D eigenvalue weighted by Gasteiger charge is -2.30. The van der Waals surface area contributed by atoms with Gasteiger partial charge in [0.05, 0.1) is 6.73 Å². The second-order valence-electron chi connectivity index (χ2n) is 4.28. The lowest BCUT2D eigenvalue weighted by atomic mass is 9.92. The molecule has 2 nitrogen and oxygen atoms in total. The minimum Gasteiger partial charge on any atom is -0.381 e. The highest BCUT2D eigenvalue weighted by Crippen LogP contribution is 2.22. The Morgan fingerprint density at radius 2 is 2.13 bits per heavy atom. The molecular weight excluding hydrogens is 210 g/mol. The number of hydrogen-bond acceptors (Lipinski definition) is 2. The number of nitrogens with zero attached hydrogens (tertiary/aromatic N) is 1. The molecule has 1 aliphatic heterocycles. The molecule has 0 saturated carbocycles. The first-order chi connectivity index (χ1) is 7.26. The number of aliphatic hydroxyl groups is 1. The van der Waals surface area contributed by atoms with Crippen molar-refractivity contribution in [3.63, 3.8) is 0 Å². The summed E-state index contributed by atoms with van der Waals surface area (Å²) in [7, 11) is 0. The van der Waals surface area contributed by atoms with Crippen molar-refractivity contribution in [1.29, 1.82) is 0 Å². The second kappa shape index (κ2) is 7.26. The van der Waals surface area contributed by atoms with Crippen LogP contribution in [0.5, 0.6) is 0 Å². The van der Waals surface area contributed by atoms with Crippen molar-refractivity contribution in [3.05, 3.63) is 11.1 Å². The first kappa shape index (κ1) is 13.0. The van der Waals surface area contributed by atoms with Crippen LogP contribution in [0, 0.1) is 5.92 Å². The molecule has 1 heterocycles. The lowest BCUT2D eigenvalue weighted by molar-refractivity contribution is 0.0719. The average molecular weight is 232 g/mol. The van der Waals surface area contributed by atoms with Gasteiger partial charge in [0.1, 0.15) is 0 Å². The monoisotopic (exact) mass is 231 g/mol. The highest BCUT2D eigenvalue weighted by molar-refractivity contribution is 6.29. The van der Waals surface area contributed by atoms with Gasteiger partial charge in [-0.3, -0.25) is 4.90 Å². The van der Waals surface area contributed by atoms with Crippen molar-refractivity contribution in [2.24, 2.45) is 5.92 Å². The Kier molecular flexibility index (Phi) is 6.30. The van der Waals surface area contributed by atoms with E-state index >= 15 is 0 Å². The largest absolute Gasteiger partial charge is 0.381 e. The zero-order chi connectivity index (χ0) is 11.1. The molecule has 0 spiro atoms. The maximum absolute atomic E-state index is 8.96. The van der Waals surface area contributed by atoms with Crippen LogP contribution in [0.25, 0.3) is 0 Å². The van der Waals surface area contributed by atoms with Crippen LogP contribution >= 0.6 is 11.6 Å². The zero-order valence-corrected chi connectivity index (χ0v) is 10.3. The number of likely N-dealkylation sites (tertiary alicyclic amines) is 1. The minimum absolute atomic E-state index is 0.217. The summed E-state index contributed by atoms with van der Waals surface area (Å²) in [6, 6.07) is 0. The van der Waals surface area contributed by atoms with Crippen LogP contribution in [0.4, 0.5) is 0 Å². The molecule has 0 radical (unpaired) electrons. The fourth-order valence-corrected chi connectivity index (χ4v) is 2.15. The van der Waals surface area contributed by atoms with Crippen molar-refractivity contribution in [1.82, 2.24) is 4.90 Å². The van der Waals surface area contributed by atoms with Gasteiger partial charge in [-0.25, -0.2) is 0 Å². The summed E-state index contributed by atoms with van der Waals surface area (Å²) in [5.74, 6) is 0.824. The fourth-order valence-electron chi connectivity index (χ4n) is 2.04. The van der Waals surface area contributed by atoms with Crippen molar-refractivity contribution in [2.45, 2.75) is 39.0 Å². The molecule has 15 heavy (non-hydrogen) atoms. The smallest absolute Gasteiger partial charge is 0.0956 e. The predicted molar refractivity (Wildman–Crippen MR) is 64.8 cm³/mol. The fraction of sp³-hybridized carbons (Fsp3) is 0.833. The number of allylic oxidation sites excluding steroid dienone is 2. The minimum atomic E-state index is 0.217. The summed E-state index contributed by atoms with van der Waals surface area (Å²) >= 11 is 5.95. The van der Waals surface area contributed by atoms with E-state index in [1.165, 1.54) is 19.3 Å². The van der Waals surface area contributed by atoms with Crippen LogP contribution in [0.3, 0.4) is 0 Å². The number of piperidine rings is 1. The standard InChI is InChI=1S/C12H22ClNO/c1-2-12(13)5-3-4-11-6-8-14(10-15)9-7-11/h5,11,15H,2-4,6-10H2,1H3/b12-5+. The SMILES string of the molecule is CC/C(Cl)=C\CCC1CCN(CO)CC1. The third-order valence-corrected chi connectivity index (χ3v) is 3.61. The maximum atomic E-state index is 8.96. The maximum Gasteiger partial charge on any atom is 0.0956 e. The van der Waals surface area contributed by atoms with Crippen LogP contribution in [0.2, 0.25) is 0 Å². The van der Waals surface area contributed by atoms with Gasteiger partial charge in [0.25, 0.3) is 0 Å². The number of aliphatic hydroxyl groups excluding tert-OH is 1. The van der Waals surface area contributed by atoms with Crippen molar-refractivity contribution < 1.29 is 5.11 Å². The van der Waals surface area contributed by atoms with E-state index < -0.39 is 0 Å². The van der Waals surface area contributed by atoms with E-state index in [0.29, 0.717) is 0 Å². The molecule has 88 valence electrons. The van der Waals surface area contributed by atoms with Gasteiger partial charge in [-0.15, -0.1) is 0 Å². The first-order valence-electron chi connectivity index (χ1n) is 5.94. The molecule has 1 N–H and O–H groups in total. The van der Waals surface area contributed by atoms with Crippen LogP contribution in [-0.2, 0) is 0 Å². The molecule has 0 aromatic carbocycles. The molecule has 1 rings (SSSR count). The zero-order valence-electron chi connectivity index (χ0n) is 9.58. The molecule has 0 bridgehead atoms. The average Bonchev–Trinajstić information content (AvgIpc) is 2.29. The summed E-state index contributed by atoms with van der Waals surface area (Å²) in [5.41, 5.74) is 0. The molecular formula is C12H22ClNO. The third kappa shape index (κ3) is 5.01. The molecule has 0 unspecified atom stereocenters. The van der Waals surface area contributed by atoms with Gasteiger partial charge in [0, 0.05) is 18.1 Å². The first-order valence-corrected chi connectivity index (χ1v) is 6.31. The van der Waals surface area contributed by atoms with Gasteiger partial charge >= 0.3 is 0 Å². The van der Waals surface area contributed by atoms with E-state index in [1.807, 2.05) is 0 Å². The van der Waals surface area contributed by atoms with E-state index in [4.69, 9.17) is 16.7 Å². The van der Waals surface area contributed by atoms with Crippen LogP contribution < -0.4 is 0 Å². The molecule has 0 aromatic rings. The number of halogens is 1. The summed E-state index contributed by atoms with van der Waals surface area (Å²) < 4.78 is 0. The normalized spacial score (nSPS) is 20.9. The van der Waals surface area contributed by atoms with Crippen molar-refractivity contribution >= 4 is 11.6 Å². The van der Waals surface area contributed by atoms with E-state index in [1.54, 1.807) is 0 Å². The highest BCUT2D eigenvalue weighted by Gasteiger charge is 2.17. The number of hydrogen-bond donors (Lipinski definition) is 1. The van der Waals surface area contributed by atoms with Gasteiger partial charge in [0.2, 0.25) is 0 Å². The van der Waals surface area contributed by atoms with Gasteiger partial charge in [-0.05, 0) is 38.0 Å². The van der Waals surface area contributed by atoms with Gasteiger partial charge in [-0.1, -0.05) is 24.6 Å². The number of rotatable bonds is 5. The molecule has 0 amide bonds. The van der Waals surface area contributed by atoms with E-state index in [9.17, 15) is 0 Å². The Morgan fingerprint density at radius 3 is 2.67 bits per heavy atom. The molecule has 0 aromatic heterocycles. The van der Waals surface area contributed by atoms with Crippen LogP contribution in [-0.4, -0.2) is 29.8 Å². The molecule has 0 atom stereocenters. The summed E-state index contributed by atoms with van der Waals surface area (Å²) in [6.45, 7) is 4.39. The predicted octanol–water partition coefficient (Wildman–Crippen LogP) is 2.96. The quantitative estimate of drug-likeness (QED) is 0.787. The molecule has 3 heteroatoms. The van der Waals surface area contributed by atoms with Gasteiger partial charge in [0.15, 0.2) is 0 Å². The second-order valence-corrected chi connectivity index (χ2v) is 4.77. The Hall–Kier alpha value is -0.0500. The summed E-state index contributed by atoms with van der Waals surface area (Å²) in [5, 5.41) is 9.95. The van der Waals surface area contributed by atoms with Crippen molar-refractivity contribution in [3.8, 4) is 0 Å². The van der Waals surface area contributed by atoms with E-state index in [2.05, 4.69) is 17.9 Å². The lowest BCUT2D eigenvalue weighted by Crippen LogP contribution is -2.34. The molecule has 1 aliphatic rings. The summed E-state index contributed by atoms with van der Waals surface area (Å²) in [4.78, 5) is 2.10.